The molecule has 1 N–H and O–H groups in total. The summed E-state index contributed by atoms with van der Waals surface area (Å²) in [4.78, 5) is 16.1. The van der Waals surface area contributed by atoms with Crippen molar-refractivity contribution >= 4 is 34.1 Å². The number of hydrogen-bond donors (Lipinski definition) is 1. The fraction of sp³-hybridized carbons (Fsp3) is 0.0588. The second-order valence-electron chi connectivity index (χ2n) is 4.81. The molecule has 0 bridgehead atoms. The van der Waals surface area contributed by atoms with Gasteiger partial charge in [-0.15, -0.1) is 0 Å². The third-order valence-electron chi connectivity index (χ3n) is 3.16. The molecule has 1 aromatic heterocycles. The smallest absolute Gasteiger partial charge is 0.262 e. The van der Waals surface area contributed by atoms with Crippen LogP contribution in [0.3, 0.4) is 0 Å². The number of benzene rings is 2. The largest absolute Gasteiger partial charge is 0.484 e. The third-order valence-corrected chi connectivity index (χ3v) is 3.41. The van der Waals surface area contributed by atoms with E-state index in [1.807, 2.05) is 0 Å². The molecule has 0 aliphatic carbocycles. The van der Waals surface area contributed by atoms with E-state index >= 15 is 0 Å². The molecule has 3 aromatic rings. The summed E-state index contributed by atoms with van der Waals surface area (Å²) in [6.45, 7) is -0.166. The highest BCUT2D eigenvalue weighted by molar-refractivity contribution is 6.30. The summed E-state index contributed by atoms with van der Waals surface area (Å²) in [6.07, 6.45) is 1.55. The van der Waals surface area contributed by atoms with Crippen LogP contribution in [0.5, 0.6) is 5.75 Å². The van der Waals surface area contributed by atoms with Crippen molar-refractivity contribution in [3.05, 3.63) is 65.6 Å². The van der Waals surface area contributed by atoms with E-state index in [1.54, 1.807) is 42.6 Å². The number of halogens is 2. The first-order valence-electron chi connectivity index (χ1n) is 6.84. The number of nitrogens with one attached hydrogen (secondary N) is 1. The average Bonchev–Trinajstić information content (AvgIpc) is 2.55. The molecule has 0 aliphatic rings. The van der Waals surface area contributed by atoms with E-state index in [1.165, 1.54) is 12.1 Å². The summed E-state index contributed by atoms with van der Waals surface area (Å²) >= 11 is 5.78. The number of aromatic nitrogens is 1. The third kappa shape index (κ3) is 3.76. The Hall–Kier alpha value is -2.66. The van der Waals surface area contributed by atoms with Gasteiger partial charge in [0.25, 0.3) is 5.91 Å². The first-order valence-corrected chi connectivity index (χ1v) is 7.22. The fourth-order valence-electron chi connectivity index (χ4n) is 2.09. The maximum absolute atomic E-state index is 13.4. The Bertz CT molecular complexity index is 853. The highest BCUT2D eigenvalue weighted by Gasteiger charge is 2.08. The average molecular weight is 331 g/mol. The summed E-state index contributed by atoms with van der Waals surface area (Å²) < 4.78 is 18.8. The van der Waals surface area contributed by atoms with Gasteiger partial charge in [-0.05, 0) is 48.5 Å². The molecule has 3 rings (SSSR count). The first-order chi connectivity index (χ1) is 11.1. The van der Waals surface area contributed by atoms with Crippen LogP contribution in [0.2, 0.25) is 5.02 Å². The minimum Gasteiger partial charge on any atom is -0.484 e. The maximum Gasteiger partial charge on any atom is 0.262 e. The van der Waals surface area contributed by atoms with Crippen LogP contribution < -0.4 is 10.1 Å². The molecular weight excluding hydrogens is 319 g/mol. The van der Waals surface area contributed by atoms with Crippen molar-refractivity contribution in [2.24, 2.45) is 0 Å². The van der Waals surface area contributed by atoms with Gasteiger partial charge in [0.15, 0.2) is 6.61 Å². The predicted molar refractivity (Wildman–Crippen MR) is 87.3 cm³/mol. The van der Waals surface area contributed by atoms with E-state index in [0.717, 1.165) is 0 Å². The van der Waals surface area contributed by atoms with Crippen molar-refractivity contribution in [1.29, 1.82) is 0 Å². The molecule has 1 amide bonds. The number of ether oxygens (including phenoxy) is 1. The topological polar surface area (TPSA) is 51.2 Å². The monoisotopic (exact) mass is 330 g/mol. The van der Waals surface area contributed by atoms with Gasteiger partial charge in [0, 0.05) is 16.6 Å². The minimum atomic E-state index is -0.390. The molecule has 2 aromatic carbocycles. The zero-order valence-corrected chi connectivity index (χ0v) is 12.7. The molecule has 0 spiro atoms. The lowest BCUT2D eigenvalue weighted by Gasteiger charge is -2.09. The molecule has 0 aliphatic heterocycles. The number of rotatable bonds is 4. The molecule has 4 nitrogen and oxygen atoms in total. The van der Waals surface area contributed by atoms with Crippen molar-refractivity contribution in [3.8, 4) is 5.75 Å². The van der Waals surface area contributed by atoms with Gasteiger partial charge in [-0.1, -0.05) is 11.6 Å². The van der Waals surface area contributed by atoms with E-state index < -0.39 is 5.82 Å². The highest BCUT2D eigenvalue weighted by atomic mass is 35.5. The van der Waals surface area contributed by atoms with Crippen LogP contribution in [0.15, 0.2) is 54.7 Å². The van der Waals surface area contributed by atoms with Gasteiger partial charge in [0.05, 0.1) is 11.2 Å². The van der Waals surface area contributed by atoms with Crippen LogP contribution in [0.1, 0.15) is 0 Å². The van der Waals surface area contributed by atoms with Gasteiger partial charge in [0.1, 0.15) is 11.6 Å². The SMILES string of the molecule is O=C(COc1ccc(Cl)cc1)Nc1ccnc2ccc(F)cc12. The molecule has 23 heavy (non-hydrogen) atoms. The number of hydrogen-bond acceptors (Lipinski definition) is 3. The number of amides is 1. The van der Waals surface area contributed by atoms with Gasteiger partial charge in [-0.25, -0.2) is 4.39 Å². The molecule has 6 heteroatoms. The Morgan fingerprint density at radius 2 is 1.96 bits per heavy atom. The number of carbonyl (C=O) groups excluding carboxylic acids is 1. The summed E-state index contributed by atoms with van der Waals surface area (Å²) in [7, 11) is 0. The normalized spacial score (nSPS) is 10.5. The second-order valence-corrected chi connectivity index (χ2v) is 5.25. The van der Waals surface area contributed by atoms with Crippen LogP contribution >= 0.6 is 11.6 Å². The molecule has 0 saturated carbocycles. The van der Waals surface area contributed by atoms with Crippen molar-refractivity contribution in [2.75, 3.05) is 11.9 Å². The zero-order valence-electron chi connectivity index (χ0n) is 11.9. The van der Waals surface area contributed by atoms with Crippen molar-refractivity contribution < 1.29 is 13.9 Å². The van der Waals surface area contributed by atoms with Crippen LogP contribution in [0.25, 0.3) is 10.9 Å². The molecule has 0 radical (unpaired) electrons. The maximum atomic E-state index is 13.4. The molecule has 116 valence electrons. The van der Waals surface area contributed by atoms with Crippen molar-refractivity contribution in [3.63, 3.8) is 0 Å². The number of nitrogens with zero attached hydrogens (tertiary/aromatic N) is 1. The van der Waals surface area contributed by atoms with Crippen LogP contribution in [-0.4, -0.2) is 17.5 Å². The zero-order chi connectivity index (χ0) is 16.2. The van der Waals surface area contributed by atoms with Crippen LogP contribution in [-0.2, 0) is 4.79 Å². The van der Waals surface area contributed by atoms with Crippen molar-refractivity contribution in [2.45, 2.75) is 0 Å². The molecule has 0 atom stereocenters. The lowest BCUT2D eigenvalue weighted by molar-refractivity contribution is -0.118. The number of pyridine rings is 1. The van der Waals surface area contributed by atoms with Crippen LogP contribution in [0.4, 0.5) is 10.1 Å². The van der Waals surface area contributed by atoms with Gasteiger partial charge in [-0.3, -0.25) is 9.78 Å². The Balaban J connectivity index is 1.70. The summed E-state index contributed by atoms with van der Waals surface area (Å²) in [5.41, 5.74) is 1.09. The minimum absolute atomic E-state index is 0.166. The Labute approximate surface area is 136 Å². The standard InChI is InChI=1S/C17H12ClFN2O2/c18-11-1-4-13(5-2-11)23-10-17(22)21-16-7-8-20-15-6-3-12(19)9-14(15)16/h1-9H,10H2,(H,20,21,22). The van der Waals surface area contributed by atoms with Gasteiger partial charge >= 0.3 is 0 Å². The number of anilines is 1. The summed E-state index contributed by atoms with van der Waals surface area (Å²) in [5.74, 6) is -0.203. The molecule has 0 saturated heterocycles. The van der Waals surface area contributed by atoms with Crippen molar-refractivity contribution in [1.82, 2.24) is 4.98 Å². The van der Waals surface area contributed by atoms with Gasteiger partial charge in [0.2, 0.25) is 0 Å². The van der Waals surface area contributed by atoms with E-state index in [4.69, 9.17) is 16.3 Å². The summed E-state index contributed by atoms with van der Waals surface area (Å²) in [5, 5.41) is 3.82. The first kappa shape index (κ1) is 15.2. The van der Waals surface area contributed by atoms with E-state index in [-0.39, 0.29) is 12.5 Å². The summed E-state index contributed by atoms with van der Waals surface area (Å²) in [6, 6.07) is 12.5. The molecule has 0 fully saturated rings. The second kappa shape index (κ2) is 6.62. The van der Waals surface area contributed by atoms with Gasteiger partial charge in [-0.2, -0.15) is 0 Å². The number of fused-ring (bicyclic) bond motifs is 1. The molecule has 0 unspecified atom stereocenters. The molecular formula is C17H12ClFN2O2. The highest BCUT2D eigenvalue weighted by Crippen LogP contribution is 2.22. The Kier molecular flexibility index (Phi) is 4.39. The van der Waals surface area contributed by atoms with E-state index in [0.29, 0.717) is 27.4 Å². The quantitative estimate of drug-likeness (QED) is 0.785. The van der Waals surface area contributed by atoms with E-state index in [2.05, 4.69) is 10.3 Å². The predicted octanol–water partition coefficient (Wildman–Crippen LogP) is 4.04. The lowest BCUT2D eigenvalue weighted by Crippen LogP contribution is -2.20. The van der Waals surface area contributed by atoms with E-state index in [9.17, 15) is 9.18 Å². The molecule has 1 heterocycles. The fourth-order valence-corrected chi connectivity index (χ4v) is 2.22. The van der Waals surface area contributed by atoms with Gasteiger partial charge < -0.3 is 10.1 Å². The lowest BCUT2D eigenvalue weighted by atomic mass is 10.2. The number of carbonyl (C=O) groups is 1. The Morgan fingerprint density at radius 1 is 1.17 bits per heavy atom. The Morgan fingerprint density at radius 3 is 2.74 bits per heavy atom. The van der Waals surface area contributed by atoms with Crippen LogP contribution in [0, 0.1) is 5.82 Å².